The zero-order valence-corrected chi connectivity index (χ0v) is 35.4. The van der Waals surface area contributed by atoms with Gasteiger partial charge in [0.05, 0.1) is 16.6 Å². The van der Waals surface area contributed by atoms with Crippen LogP contribution in [0.1, 0.15) is 43.9 Å². The number of allylic oxidation sites excluding steroid dienone is 2. The van der Waals surface area contributed by atoms with E-state index in [0.717, 1.165) is 6.42 Å². The maximum absolute atomic E-state index is 2.58. The van der Waals surface area contributed by atoms with E-state index >= 15 is 0 Å². The van der Waals surface area contributed by atoms with Crippen LogP contribution in [0.4, 0.5) is 11.4 Å². The molecule has 2 aromatic heterocycles. The van der Waals surface area contributed by atoms with Gasteiger partial charge in [0.15, 0.2) is 0 Å². The van der Waals surface area contributed by atoms with Crippen LogP contribution < -0.4 is 4.90 Å². The fourth-order valence-electron chi connectivity index (χ4n) is 10.4. The second-order valence-electron chi connectivity index (χ2n) is 17.5. The topological polar surface area (TPSA) is 8.17 Å². The van der Waals surface area contributed by atoms with Crippen LogP contribution in [0.3, 0.4) is 0 Å². The highest BCUT2D eigenvalue weighted by atomic mass is 32.1. The molecule has 0 radical (unpaired) electrons. The number of para-hydroxylation sites is 2. The molecule has 10 aromatic rings. The van der Waals surface area contributed by atoms with Crippen molar-refractivity contribution in [2.24, 2.45) is 0 Å². The maximum Gasteiger partial charge on any atom is 0.0643 e. The van der Waals surface area contributed by atoms with Gasteiger partial charge in [0, 0.05) is 53.4 Å². The molecule has 0 amide bonds. The Bertz CT molecular complexity index is 3430. The first-order valence-corrected chi connectivity index (χ1v) is 22.2. The van der Waals surface area contributed by atoms with Crippen molar-refractivity contribution in [3.63, 3.8) is 0 Å². The molecule has 1 atom stereocenters. The Labute approximate surface area is 361 Å². The van der Waals surface area contributed by atoms with Gasteiger partial charge in [-0.3, -0.25) is 0 Å². The third-order valence-electron chi connectivity index (χ3n) is 13.6. The monoisotopic (exact) mass is 800 g/mol. The van der Waals surface area contributed by atoms with Gasteiger partial charge in [-0.05, 0) is 119 Å². The van der Waals surface area contributed by atoms with E-state index in [-0.39, 0.29) is 11.0 Å². The number of thiophene rings is 1. The van der Waals surface area contributed by atoms with Crippen LogP contribution >= 0.6 is 11.3 Å². The molecule has 2 aliphatic carbocycles. The Morgan fingerprint density at radius 1 is 0.508 bits per heavy atom. The van der Waals surface area contributed by atoms with Gasteiger partial charge in [0.25, 0.3) is 0 Å². The lowest BCUT2D eigenvalue weighted by atomic mass is 9.81. The number of anilines is 2. The Balaban J connectivity index is 0.953. The van der Waals surface area contributed by atoms with Crippen molar-refractivity contribution >= 4 is 70.3 Å². The van der Waals surface area contributed by atoms with Gasteiger partial charge >= 0.3 is 0 Å². The molecule has 1 unspecified atom stereocenters. The van der Waals surface area contributed by atoms with Crippen molar-refractivity contribution in [2.45, 2.75) is 38.1 Å². The first kappa shape index (κ1) is 36.0. The van der Waals surface area contributed by atoms with E-state index in [9.17, 15) is 0 Å². The fraction of sp³-hybridized carbons (Fsp3) is 0.103. The molecule has 0 saturated carbocycles. The van der Waals surface area contributed by atoms with Crippen LogP contribution in [-0.2, 0) is 5.41 Å². The summed E-state index contributed by atoms with van der Waals surface area (Å²) in [7, 11) is 0. The molecule has 0 fully saturated rings. The normalized spacial score (nSPS) is 16.6. The molecule has 8 aromatic carbocycles. The summed E-state index contributed by atoms with van der Waals surface area (Å²) in [6.45, 7) is 7.15. The average molecular weight is 801 g/mol. The first-order chi connectivity index (χ1) is 29.9. The number of rotatable bonds is 6. The van der Waals surface area contributed by atoms with Crippen molar-refractivity contribution in [1.29, 1.82) is 0 Å². The smallest absolute Gasteiger partial charge is 0.0643 e. The number of benzene rings is 8. The van der Waals surface area contributed by atoms with E-state index in [4.69, 9.17) is 0 Å². The van der Waals surface area contributed by atoms with Crippen molar-refractivity contribution in [3.8, 4) is 27.9 Å². The second kappa shape index (κ2) is 13.5. The van der Waals surface area contributed by atoms with Crippen molar-refractivity contribution in [1.82, 2.24) is 4.57 Å². The van der Waals surface area contributed by atoms with Gasteiger partial charge in [-0.15, -0.1) is 11.3 Å². The standard InChI is InChI=1S/C58H44N2S/c1-57(2)51-21-10-7-16-45(51)46-30-29-43(37-52(46)57)60(58(3)34-32-39(33-35-58)44-19-13-20-49-48-18-9-12-23-55(48)61-56(44)49)42-27-24-38(25-28-42)40-26-31-54-50(36-40)47-17-8-11-22-53(47)59(54)41-14-5-4-6-15-41/h4-34,36-37H,35H2,1-3H3. The largest absolute Gasteiger partial charge is 0.332 e. The molecule has 0 spiro atoms. The van der Waals surface area contributed by atoms with Gasteiger partial charge < -0.3 is 9.47 Å². The first-order valence-electron chi connectivity index (χ1n) is 21.4. The van der Waals surface area contributed by atoms with Crippen molar-refractivity contribution in [3.05, 3.63) is 217 Å². The van der Waals surface area contributed by atoms with Crippen LogP contribution in [0, 0.1) is 0 Å². The van der Waals surface area contributed by atoms with Crippen molar-refractivity contribution in [2.75, 3.05) is 4.90 Å². The van der Waals surface area contributed by atoms with Crippen LogP contribution in [0.25, 0.3) is 75.5 Å². The molecule has 292 valence electrons. The molecule has 3 heteroatoms. The van der Waals surface area contributed by atoms with Crippen LogP contribution in [-0.4, -0.2) is 10.1 Å². The highest BCUT2D eigenvalue weighted by Gasteiger charge is 2.38. The Morgan fingerprint density at radius 2 is 1.18 bits per heavy atom. The van der Waals surface area contributed by atoms with E-state index < -0.39 is 0 Å². The molecule has 12 rings (SSSR count). The van der Waals surface area contributed by atoms with E-state index in [1.165, 1.54) is 104 Å². The van der Waals surface area contributed by atoms with E-state index in [2.05, 4.69) is 230 Å². The Morgan fingerprint density at radius 3 is 2.02 bits per heavy atom. The van der Waals surface area contributed by atoms with Crippen LogP contribution in [0.15, 0.2) is 200 Å². The molecule has 0 saturated heterocycles. The Hall–Kier alpha value is -6.94. The quantitative estimate of drug-likeness (QED) is 0.163. The SMILES string of the molecule is CC1(C)c2ccccc2-c2ccc(N(c3ccc(-c4ccc5c(c4)c4ccccc4n5-c4ccccc4)cc3)C3(C)C=CC(c4cccc5c4sc4ccccc45)=CC3)cc21. The molecule has 2 aliphatic rings. The lowest BCUT2D eigenvalue weighted by Gasteiger charge is -2.43. The minimum absolute atomic E-state index is 0.0982. The number of hydrogen-bond donors (Lipinski definition) is 0. The summed E-state index contributed by atoms with van der Waals surface area (Å²) in [4.78, 5) is 2.58. The van der Waals surface area contributed by atoms with E-state index in [1.54, 1.807) is 0 Å². The average Bonchev–Trinajstić information content (AvgIpc) is 3.92. The highest BCUT2D eigenvalue weighted by molar-refractivity contribution is 7.26. The molecule has 61 heavy (non-hydrogen) atoms. The lowest BCUT2D eigenvalue weighted by molar-refractivity contribution is 0.570. The molecule has 2 heterocycles. The fourth-order valence-corrected chi connectivity index (χ4v) is 11.7. The van der Waals surface area contributed by atoms with E-state index in [0.29, 0.717) is 0 Å². The Kier molecular flexibility index (Phi) is 7.98. The third kappa shape index (κ3) is 5.54. The molecule has 0 N–H and O–H groups in total. The zero-order valence-electron chi connectivity index (χ0n) is 34.6. The summed E-state index contributed by atoms with van der Waals surface area (Å²) in [5.41, 5.74) is 16.1. The van der Waals surface area contributed by atoms with E-state index in [1.807, 2.05) is 11.3 Å². The van der Waals surface area contributed by atoms with Gasteiger partial charge in [-0.2, -0.15) is 0 Å². The van der Waals surface area contributed by atoms with Gasteiger partial charge in [0.2, 0.25) is 0 Å². The van der Waals surface area contributed by atoms with Gasteiger partial charge in [-0.25, -0.2) is 0 Å². The summed E-state index contributed by atoms with van der Waals surface area (Å²) in [5, 5.41) is 5.20. The summed E-state index contributed by atoms with van der Waals surface area (Å²) in [6.07, 6.45) is 8.16. The lowest BCUT2D eigenvalue weighted by Crippen LogP contribution is -2.42. The maximum atomic E-state index is 2.58. The summed E-state index contributed by atoms with van der Waals surface area (Å²) in [5.74, 6) is 0. The summed E-state index contributed by atoms with van der Waals surface area (Å²) in [6, 6.07) is 67.4. The number of aromatic nitrogens is 1. The summed E-state index contributed by atoms with van der Waals surface area (Å²) < 4.78 is 5.08. The molecule has 2 nitrogen and oxygen atoms in total. The summed E-state index contributed by atoms with van der Waals surface area (Å²) >= 11 is 1.90. The van der Waals surface area contributed by atoms with Crippen molar-refractivity contribution < 1.29 is 0 Å². The zero-order chi connectivity index (χ0) is 40.9. The minimum Gasteiger partial charge on any atom is -0.332 e. The van der Waals surface area contributed by atoms with Crippen LogP contribution in [0.5, 0.6) is 0 Å². The predicted octanol–water partition coefficient (Wildman–Crippen LogP) is 16.1. The predicted molar refractivity (Wildman–Crippen MR) is 262 cm³/mol. The van der Waals surface area contributed by atoms with Crippen LogP contribution in [0.2, 0.25) is 0 Å². The molecular formula is C58H44N2S. The molecular weight excluding hydrogens is 757 g/mol. The number of nitrogens with zero attached hydrogens (tertiary/aromatic N) is 2. The molecule has 0 bridgehead atoms. The molecule has 0 aliphatic heterocycles. The second-order valence-corrected chi connectivity index (χ2v) is 18.6. The third-order valence-corrected chi connectivity index (χ3v) is 14.8. The number of hydrogen-bond acceptors (Lipinski definition) is 2. The highest BCUT2D eigenvalue weighted by Crippen LogP contribution is 2.51. The minimum atomic E-state index is -0.318. The van der Waals surface area contributed by atoms with Gasteiger partial charge in [-0.1, -0.05) is 153 Å². The number of fused-ring (bicyclic) bond motifs is 9. The van der Waals surface area contributed by atoms with Gasteiger partial charge in [0.1, 0.15) is 0 Å².